The first-order chi connectivity index (χ1) is 15.4. The van der Waals surface area contributed by atoms with E-state index in [1.807, 2.05) is 42.5 Å². The number of fused-ring (bicyclic) bond motifs is 1. The van der Waals surface area contributed by atoms with Gasteiger partial charge >= 0.3 is 5.97 Å². The summed E-state index contributed by atoms with van der Waals surface area (Å²) >= 11 is 6.26. The third-order valence-electron chi connectivity index (χ3n) is 5.25. The number of amides is 1. The average molecular weight is 455 g/mol. The lowest BCUT2D eigenvalue weighted by molar-refractivity contribution is -0.135. The second kappa shape index (κ2) is 8.86. The number of pyridine rings is 1. The van der Waals surface area contributed by atoms with Gasteiger partial charge in [-0.1, -0.05) is 54.1 Å². The number of aliphatic carboxylic acids is 1. The van der Waals surface area contributed by atoms with E-state index in [1.54, 1.807) is 6.07 Å². The molecule has 8 nitrogen and oxygen atoms in total. The van der Waals surface area contributed by atoms with E-state index in [0.29, 0.717) is 16.3 Å². The number of rotatable bonds is 6. The largest absolute Gasteiger partial charge is 0.506 e. The van der Waals surface area contributed by atoms with Crippen LogP contribution < -0.4 is 10.9 Å². The van der Waals surface area contributed by atoms with E-state index in [1.165, 1.54) is 4.57 Å². The van der Waals surface area contributed by atoms with Crippen LogP contribution in [0, 0.1) is 0 Å². The highest BCUT2D eigenvalue weighted by molar-refractivity contribution is 6.33. The maximum Gasteiger partial charge on any atom is 0.322 e. The number of carbonyl (C=O) groups excluding carboxylic acids is 1. The number of aromatic hydroxyl groups is 1. The zero-order valence-electron chi connectivity index (χ0n) is 16.8. The Morgan fingerprint density at radius 3 is 2.50 bits per heavy atom. The van der Waals surface area contributed by atoms with Crippen molar-refractivity contribution < 1.29 is 24.5 Å². The number of hydrogen-bond donors (Lipinski definition) is 3. The van der Waals surface area contributed by atoms with Crippen LogP contribution in [-0.2, 0) is 29.3 Å². The van der Waals surface area contributed by atoms with Crippen molar-refractivity contribution >= 4 is 23.5 Å². The molecule has 0 atom stereocenters. The van der Waals surface area contributed by atoms with Crippen molar-refractivity contribution in [3.05, 3.63) is 86.3 Å². The molecular formula is C23H19ClN2O6. The summed E-state index contributed by atoms with van der Waals surface area (Å²) in [5.74, 6) is -2.69. The summed E-state index contributed by atoms with van der Waals surface area (Å²) in [4.78, 5) is 36.3. The topological polar surface area (TPSA) is 118 Å². The number of aromatic nitrogens is 1. The standard InChI is InChI=1S/C23H19ClN2O6/c24-17-4-2-1-3-15(17)14-7-5-13(6-8-14)10-26-18-12-32-11-16(18)21(29)20(23(26)31)22(30)25-9-19(27)28/h1-8,29H,9-12H2,(H,25,30)(H,27,28). The zero-order valence-corrected chi connectivity index (χ0v) is 17.6. The maximum absolute atomic E-state index is 13.1. The van der Waals surface area contributed by atoms with Gasteiger partial charge in [0.25, 0.3) is 11.5 Å². The number of hydrogen-bond acceptors (Lipinski definition) is 5. The van der Waals surface area contributed by atoms with Crippen LogP contribution in [-0.4, -0.2) is 33.2 Å². The molecule has 1 aliphatic rings. The van der Waals surface area contributed by atoms with Crippen LogP contribution in [0.1, 0.15) is 27.2 Å². The van der Waals surface area contributed by atoms with Gasteiger partial charge in [0.15, 0.2) is 0 Å². The van der Waals surface area contributed by atoms with Crippen molar-refractivity contribution in [3.63, 3.8) is 0 Å². The molecule has 4 rings (SSSR count). The van der Waals surface area contributed by atoms with E-state index in [9.17, 15) is 19.5 Å². The minimum atomic E-state index is -1.26. The Morgan fingerprint density at radius 1 is 1.09 bits per heavy atom. The first kappa shape index (κ1) is 21.6. The van der Waals surface area contributed by atoms with Crippen LogP contribution in [0.2, 0.25) is 5.02 Å². The molecule has 3 aromatic rings. The molecule has 9 heteroatoms. The Hall–Kier alpha value is -3.62. The van der Waals surface area contributed by atoms with E-state index in [2.05, 4.69) is 5.32 Å². The summed E-state index contributed by atoms with van der Waals surface area (Å²) < 4.78 is 6.77. The van der Waals surface area contributed by atoms with Gasteiger partial charge in [0.1, 0.15) is 17.9 Å². The summed E-state index contributed by atoms with van der Waals surface area (Å²) in [6.45, 7) is -0.361. The van der Waals surface area contributed by atoms with Gasteiger partial charge in [-0.25, -0.2) is 0 Å². The van der Waals surface area contributed by atoms with Gasteiger partial charge in [0.2, 0.25) is 0 Å². The smallest absolute Gasteiger partial charge is 0.322 e. The molecule has 2 heterocycles. The molecule has 1 aromatic heterocycles. The number of halogens is 1. The molecule has 0 spiro atoms. The molecule has 164 valence electrons. The van der Waals surface area contributed by atoms with Crippen LogP contribution in [0.5, 0.6) is 5.75 Å². The highest BCUT2D eigenvalue weighted by Gasteiger charge is 2.29. The lowest BCUT2D eigenvalue weighted by Crippen LogP contribution is -2.37. The van der Waals surface area contributed by atoms with Crippen LogP contribution >= 0.6 is 11.6 Å². The average Bonchev–Trinajstić information content (AvgIpc) is 3.26. The molecule has 32 heavy (non-hydrogen) atoms. The molecule has 3 N–H and O–H groups in total. The Bertz CT molecular complexity index is 1270. The number of carbonyl (C=O) groups is 2. The third-order valence-corrected chi connectivity index (χ3v) is 5.58. The highest BCUT2D eigenvalue weighted by atomic mass is 35.5. The zero-order chi connectivity index (χ0) is 22.8. The molecule has 2 aromatic carbocycles. The fraction of sp³-hybridized carbons (Fsp3) is 0.174. The summed E-state index contributed by atoms with van der Waals surface area (Å²) in [6.07, 6.45) is 0. The summed E-state index contributed by atoms with van der Waals surface area (Å²) in [5.41, 5.74) is 2.21. The van der Waals surface area contributed by atoms with Crippen LogP contribution in [0.4, 0.5) is 0 Å². The number of nitrogens with zero attached hydrogens (tertiary/aromatic N) is 1. The van der Waals surface area contributed by atoms with E-state index in [0.717, 1.165) is 16.7 Å². The fourth-order valence-corrected chi connectivity index (χ4v) is 3.90. The van der Waals surface area contributed by atoms with Crippen molar-refractivity contribution in [1.82, 2.24) is 9.88 Å². The van der Waals surface area contributed by atoms with Crippen molar-refractivity contribution in [1.29, 1.82) is 0 Å². The summed E-state index contributed by atoms with van der Waals surface area (Å²) in [6, 6.07) is 14.9. The minimum absolute atomic E-state index is 0.0477. The van der Waals surface area contributed by atoms with E-state index in [4.69, 9.17) is 21.4 Å². The Morgan fingerprint density at radius 2 is 1.81 bits per heavy atom. The van der Waals surface area contributed by atoms with Crippen LogP contribution in [0.3, 0.4) is 0 Å². The number of ether oxygens (including phenoxy) is 1. The molecule has 0 saturated heterocycles. The number of carboxylic acid groups (broad SMARTS) is 1. The highest BCUT2D eigenvalue weighted by Crippen LogP contribution is 2.31. The first-order valence-electron chi connectivity index (χ1n) is 9.76. The van der Waals surface area contributed by atoms with Gasteiger partial charge in [-0.2, -0.15) is 0 Å². The van der Waals surface area contributed by atoms with Crippen LogP contribution in [0.15, 0.2) is 53.3 Å². The van der Waals surface area contributed by atoms with E-state index < -0.39 is 35.3 Å². The molecule has 0 radical (unpaired) electrons. The van der Waals surface area contributed by atoms with Crippen LogP contribution in [0.25, 0.3) is 11.1 Å². The van der Waals surface area contributed by atoms with Gasteiger partial charge in [-0.15, -0.1) is 0 Å². The predicted molar refractivity (Wildman–Crippen MR) is 117 cm³/mol. The Labute approximate surface area is 187 Å². The third kappa shape index (κ3) is 4.10. The summed E-state index contributed by atoms with van der Waals surface area (Å²) in [5, 5.41) is 22.0. The Kier molecular flexibility index (Phi) is 5.98. The van der Waals surface area contributed by atoms with Crippen molar-refractivity contribution in [2.24, 2.45) is 0 Å². The normalized spacial score (nSPS) is 12.4. The van der Waals surface area contributed by atoms with Gasteiger partial charge in [-0.3, -0.25) is 14.4 Å². The van der Waals surface area contributed by atoms with Crippen molar-refractivity contribution in [2.75, 3.05) is 6.54 Å². The molecule has 0 fully saturated rings. The van der Waals surface area contributed by atoms with E-state index in [-0.39, 0.29) is 19.8 Å². The lowest BCUT2D eigenvalue weighted by atomic mass is 10.0. The number of benzene rings is 2. The first-order valence-corrected chi connectivity index (χ1v) is 10.1. The molecular weight excluding hydrogens is 436 g/mol. The SMILES string of the molecule is O=C(O)CNC(=O)c1c(O)c2c(n(Cc3ccc(-c4ccccc4Cl)cc3)c1=O)COC2. The van der Waals surface area contributed by atoms with Crippen molar-refractivity contribution in [3.8, 4) is 16.9 Å². The molecule has 0 aliphatic carbocycles. The van der Waals surface area contributed by atoms with Gasteiger partial charge < -0.3 is 24.8 Å². The summed E-state index contributed by atoms with van der Waals surface area (Å²) in [7, 11) is 0. The molecule has 1 amide bonds. The van der Waals surface area contributed by atoms with Gasteiger partial charge in [0.05, 0.1) is 25.5 Å². The number of carboxylic acids is 1. The lowest BCUT2D eigenvalue weighted by Gasteiger charge is -2.16. The minimum Gasteiger partial charge on any atom is -0.506 e. The van der Waals surface area contributed by atoms with Gasteiger partial charge in [-0.05, 0) is 17.2 Å². The van der Waals surface area contributed by atoms with Crippen molar-refractivity contribution in [2.45, 2.75) is 19.8 Å². The molecule has 1 aliphatic heterocycles. The second-order valence-corrected chi connectivity index (χ2v) is 7.69. The quantitative estimate of drug-likeness (QED) is 0.527. The Balaban J connectivity index is 1.70. The molecule has 0 bridgehead atoms. The molecule has 0 unspecified atom stereocenters. The predicted octanol–water partition coefficient (Wildman–Crippen LogP) is 2.77. The maximum atomic E-state index is 13.1. The fourth-order valence-electron chi connectivity index (χ4n) is 3.66. The monoisotopic (exact) mass is 454 g/mol. The molecule has 0 saturated carbocycles. The van der Waals surface area contributed by atoms with E-state index >= 15 is 0 Å². The number of nitrogens with one attached hydrogen (secondary N) is 1. The second-order valence-electron chi connectivity index (χ2n) is 7.29. The van der Waals surface area contributed by atoms with Gasteiger partial charge in [0, 0.05) is 16.1 Å².